The molecule has 2 aliphatic rings. The second-order valence-electron chi connectivity index (χ2n) is 7.47. The third kappa shape index (κ3) is 4.74. The largest absolute Gasteiger partial charge is 0.352 e. The van der Waals surface area contributed by atoms with Crippen LogP contribution in [0.3, 0.4) is 0 Å². The number of hydrogen-bond donors (Lipinski definition) is 2. The molecule has 2 atom stereocenters. The highest BCUT2D eigenvalue weighted by Gasteiger charge is 2.39. The number of fused-ring (bicyclic) bond motifs is 1. The van der Waals surface area contributed by atoms with Crippen LogP contribution < -0.4 is 10.6 Å². The van der Waals surface area contributed by atoms with E-state index in [1.807, 2.05) is 13.2 Å². The van der Waals surface area contributed by atoms with Crippen LogP contribution in [-0.4, -0.2) is 33.5 Å². The number of piperidine rings is 1. The minimum absolute atomic E-state index is 0. The Morgan fingerprint density at radius 2 is 2.00 bits per heavy atom. The topological polar surface area (TPSA) is 79.3 Å². The molecule has 3 heterocycles. The first kappa shape index (κ1) is 23.2. The van der Waals surface area contributed by atoms with Gasteiger partial charge in [-0.15, -0.1) is 24.8 Å². The Kier molecular flexibility index (Phi) is 7.68. The van der Waals surface area contributed by atoms with E-state index in [1.54, 1.807) is 22.8 Å². The second kappa shape index (κ2) is 9.61. The van der Waals surface area contributed by atoms with Crippen molar-refractivity contribution in [2.24, 2.45) is 13.0 Å². The number of nitrogens with one attached hydrogen (secondary N) is 2. The average Bonchev–Trinajstić information content (AvgIpc) is 3.30. The van der Waals surface area contributed by atoms with Crippen LogP contribution in [0.15, 0.2) is 30.6 Å². The Balaban J connectivity index is 0.00000150. The van der Waals surface area contributed by atoms with Crippen molar-refractivity contribution in [2.45, 2.75) is 38.5 Å². The van der Waals surface area contributed by atoms with Gasteiger partial charge in [-0.25, -0.2) is 0 Å². The van der Waals surface area contributed by atoms with E-state index in [0.717, 1.165) is 24.2 Å². The fourth-order valence-electron chi connectivity index (χ4n) is 4.14. The summed E-state index contributed by atoms with van der Waals surface area (Å²) in [6.45, 7) is 2.30. The van der Waals surface area contributed by atoms with Crippen molar-refractivity contribution in [1.82, 2.24) is 25.3 Å². The normalized spacial score (nSPS) is 20.5. The maximum absolute atomic E-state index is 13.0. The van der Waals surface area contributed by atoms with Gasteiger partial charge in [-0.3, -0.25) is 14.3 Å². The van der Waals surface area contributed by atoms with Crippen molar-refractivity contribution in [1.29, 1.82) is 0 Å². The lowest BCUT2D eigenvalue weighted by atomic mass is 9.85. The molecule has 0 radical (unpaired) electrons. The minimum Gasteiger partial charge on any atom is -0.352 e. The number of amides is 2. The number of hydrogen-bond acceptors (Lipinski definition) is 4. The average molecular weight is 440 g/mol. The van der Waals surface area contributed by atoms with E-state index in [4.69, 9.17) is 0 Å². The van der Waals surface area contributed by atoms with Crippen LogP contribution in [0.5, 0.6) is 0 Å². The van der Waals surface area contributed by atoms with Crippen molar-refractivity contribution in [3.8, 4) is 0 Å². The van der Waals surface area contributed by atoms with Gasteiger partial charge in [0, 0.05) is 51.9 Å². The predicted molar refractivity (Wildman–Crippen MR) is 115 cm³/mol. The van der Waals surface area contributed by atoms with Crippen LogP contribution in [0.1, 0.15) is 41.1 Å². The summed E-state index contributed by atoms with van der Waals surface area (Å²) in [5.74, 6) is -0.214. The standard InChI is InChI=1S/C20H25N5O2.2ClH/c1-24-12-16(11-23-24)19-17(5-6-18(26)25(19)2)20(27)22-8-13-3-4-14-9-21-10-15(14)7-13;;/h3-4,7,11-12,17,19,21H,5-6,8-10H2,1-2H3,(H,22,27);2*1H. The summed E-state index contributed by atoms with van der Waals surface area (Å²) in [7, 11) is 3.61. The van der Waals surface area contributed by atoms with E-state index in [9.17, 15) is 9.59 Å². The zero-order chi connectivity index (χ0) is 19.0. The molecule has 2 aliphatic heterocycles. The number of benzene rings is 1. The first-order chi connectivity index (χ1) is 13.0. The SMILES string of the molecule is CN1C(=O)CCC(C(=O)NCc2ccc3c(c2)CNC3)C1c1cnn(C)c1.Cl.Cl. The minimum atomic E-state index is -0.274. The lowest BCUT2D eigenvalue weighted by molar-refractivity contribution is -0.141. The van der Waals surface area contributed by atoms with E-state index in [-0.39, 0.29) is 48.6 Å². The summed E-state index contributed by atoms with van der Waals surface area (Å²) in [4.78, 5) is 26.8. The molecular formula is C20H27Cl2N5O2. The summed E-state index contributed by atoms with van der Waals surface area (Å²) < 4.78 is 1.70. The van der Waals surface area contributed by atoms with Gasteiger partial charge in [0.1, 0.15) is 0 Å². The smallest absolute Gasteiger partial charge is 0.225 e. The number of carbonyl (C=O) groups excluding carboxylic acids is 2. The van der Waals surface area contributed by atoms with E-state index >= 15 is 0 Å². The number of aromatic nitrogens is 2. The third-order valence-electron chi connectivity index (χ3n) is 5.63. The Morgan fingerprint density at radius 3 is 2.72 bits per heavy atom. The molecule has 2 aromatic rings. The van der Waals surface area contributed by atoms with Gasteiger partial charge in [-0.05, 0) is 23.1 Å². The van der Waals surface area contributed by atoms with Crippen LogP contribution in [0, 0.1) is 5.92 Å². The van der Waals surface area contributed by atoms with Crippen molar-refractivity contribution in [3.63, 3.8) is 0 Å². The van der Waals surface area contributed by atoms with Gasteiger partial charge in [0.2, 0.25) is 11.8 Å². The Bertz CT molecular complexity index is 886. The van der Waals surface area contributed by atoms with Crippen molar-refractivity contribution in [2.75, 3.05) is 7.05 Å². The molecule has 0 aliphatic carbocycles. The lowest BCUT2D eigenvalue weighted by Crippen LogP contribution is -2.46. The van der Waals surface area contributed by atoms with Gasteiger partial charge in [0.05, 0.1) is 18.2 Å². The summed E-state index contributed by atoms with van der Waals surface area (Å²) in [5.41, 5.74) is 4.63. The molecule has 1 saturated heterocycles. The van der Waals surface area contributed by atoms with E-state index < -0.39 is 0 Å². The molecule has 2 unspecified atom stereocenters. The van der Waals surface area contributed by atoms with Crippen molar-refractivity contribution in [3.05, 3.63) is 52.8 Å². The highest BCUT2D eigenvalue weighted by Crippen LogP contribution is 2.35. The summed E-state index contributed by atoms with van der Waals surface area (Å²) in [6.07, 6.45) is 4.58. The molecular weight excluding hydrogens is 413 g/mol. The second-order valence-corrected chi connectivity index (χ2v) is 7.47. The fraction of sp³-hybridized carbons (Fsp3) is 0.450. The number of nitrogens with zero attached hydrogens (tertiary/aromatic N) is 3. The summed E-state index contributed by atoms with van der Waals surface area (Å²) in [5, 5.41) is 10.6. The first-order valence-corrected chi connectivity index (χ1v) is 9.36. The maximum atomic E-state index is 13.0. The quantitative estimate of drug-likeness (QED) is 0.764. The zero-order valence-electron chi connectivity index (χ0n) is 16.6. The summed E-state index contributed by atoms with van der Waals surface area (Å²) >= 11 is 0. The highest BCUT2D eigenvalue weighted by molar-refractivity contribution is 5.86. The number of halogens is 2. The van der Waals surface area contributed by atoms with Crippen molar-refractivity contribution >= 4 is 36.6 Å². The Hall–Kier alpha value is -2.09. The molecule has 29 heavy (non-hydrogen) atoms. The first-order valence-electron chi connectivity index (χ1n) is 9.36. The molecule has 0 saturated carbocycles. The number of likely N-dealkylation sites (tertiary alicyclic amines) is 1. The molecule has 1 fully saturated rings. The fourth-order valence-corrected chi connectivity index (χ4v) is 4.14. The molecule has 9 heteroatoms. The van der Waals surface area contributed by atoms with Gasteiger partial charge in [0.25, 0.3) is 0 Å². The van der Waals surface area contributed by atoms with Gasteiger partial charge >= 0.3 is 0 Å². The molecule has 4 rings (SSSR count). The van der Waals surface area contributed by atoms with E-state index in [0.29, 0.717) is 19.4 Å². The van der Waals surface area contributed by atoms with E-state index in [1.165, 1.54) is 11.1 Å². The van der Waals surface area contributed by atoms with Crippen LogP contribution in [0.4, 0.5) is 0 Å². The van der Waals surface area contributed by atoms with Crippen LogP contribution in [-0.2, 0) is 36.3 Å². The molecule has 0 spiro atoms. The van der Waals surface area contributed by atoms with Crippen molar-refractivity contribution < 1.29 is 9.59 Å². The molecule has 1 aromatic carbocycles. The van der Waals surface area contributed by atoms with Gasteiger partial charge in [-0.1, -0.05) is 18.2 Å². The van der Waals surface area contributed by atoms with Gasteiger partial charge in [-0.2, -0.15) is 5.10 Å². The number of rotatable bonds is 4. The molecule has 158 valence electrons. The Labute approximate surface area is 183 Å². The Morgan fingerprint density at radius 1 is 1.24 bits per heavy atom. The molecule has 2 amide bonds. The van der Waals surface area contributed by atoms with Crippen LogP contribution >= 0.6 is 24.8 Å². The summed E-state index contributed by atoms with van der Waals surface area (Å²) in [6, 6.07) is 6.08. The lowest BCUT2D eigenvalue weighted by Gasteiger charge is -2.37. The van der Waals surface area contributed by atoms with Gasteiger partial charge < -0.3 is 15.5 Å². The predicted octanol–water partition coefficient (Wildman–Crippen LogP) is 2.09. The number of aryl methyl sites for hydroxylation is 1. The molecule has 7 nitrogen and oxygen atoms in total. The monoisotopic (exact) mass is 439 g/mol. The molecule has 2 N–H and O–H groups in total. The zero-order valence-corrected chi connectivity index (χ0v) is 18.2. The molecule has 1 aromatic heterocycles. The maximum Gasteiger partial charge on any atom is 0.225 e. The molecule has 0 bridgehead atoms. The third-order valence-corrected chi connectivity index (χ3v) is 5.63. The number of carbonyl (C=O) groups is 2. The van der Waals surface area contributed by atoms with Gasteiger partial charge in [0.15, 0.2) is 0 Å². The van der Waals surface area contributed by atoms with E-state index in [2.05, 4.69) is 33.9 Å². The van der Waals surface area contributed by atoms with Crippen LogP contribution in [0.25, 0.3) is 0 Å². The van der Waals surface area contributed by atoms with Crippen LogP contribution in [0.2, 0.25) is 0 Å². The highest BCUT2D eigenvalue weighted by atomic mass is 35.5.